The van der Waals surface area contributed by atoms with Crippen molar-refractivity contribution in [2.45, 2.75) is 57.3 Å². The van der Waals surface area contributed by atoms with E-state index in [1.807, 2.05) is 4.90 Å². The second-order valence-electron chi connectivity index (χ2n) is 9.44. The smallest absolute Gasteiger partial charge is 0.223 e. The van der Waals surface area contributed by atoms with Crippen molar-refractivity contribution in [1.82, 2.24) is 9.80 Å². The van der Waals surface area contributed by atoms with Gasteiger partial charge in [0.05, 0.1) is 13.2 Å². The van der Waals surface area contributed by atoms with Crippen molar-refractivity contribution in [2.75, 3.05) is 39.4 Å². The van der Waals surface area contributed by atoms with Gasteiger partial charge in [0, 0.05) is 39.0 Å². The number of carbonyl (C=O) groups is 2. The minimum atomic E-state index is 0.126. The van der Waals surface area contributed by atoms with Crippen molar-refractivity contribution in [3.05, 3.63) is 35.4 Å². The maximum absolute atomic E-state index is 12.9. The van der Waals surface area contributed by atoms with Crippen molar-refractivity contribution in [1.29, 1.82) is 0 Å². The second-order valence-corrected chi connectivity index (χ2v) is 9.44. The summed E-state index contributed by atoms with van der Waals surface area (Å²) >= 11 is 0. The molecule has 5 nitrogen and oxygen atoms in total. The first-order chi connectivity index (χ1) is 14.0. The number of rotatable bonds is 4. The zero-order chi connectivity index (χ0) is 20.4. The highest BCUT2D eigenvalue weighted by atomic mass is 16.5. The van der Waals surface area contributed by atoms with Crippen LogP contribution in [0.15, 0.2) is 24.3 Å². The molecule has 1 atom stereocenters. The molecular formula is C24H34N2O3. The van der Waals surface area contributed by atoms with Crippen molar-refractivity contribution < 1.29 is 14.3 Å². The molecule has 29 heavy (non-hydrogen) atoms. The minimum absolute atomic E-state index is 0.126. The molecule has 2 amide bonds. The molecule has 0 radical (unpaired) electrons. The van der Waals surface area contributed by atoms with Gasteiger partial charge >= 0.3 is 0 Å². The minimum Gasteiger partial charge on any atom is -0.378 e. The van der Waals surface area contributed by atoms with E-state index in [1.165, 1.54) is 11.1 Å². The van der Waals surface area contributed by atoms with Gasteiger partial charge in [0.1, 0.15) is 0 Å². The Morgan fingerprint density at radius 1 is 1.03 bits per heavy atom. The zero-order valence-electron chi connectivity index (χ0n) is 17.9. The Labute approximate surface area is 174 Å². The molecule has 158 valence electrons. The average Bonchev–Trinajstić information content (AvgIpc) is 3.02. The molecule has 2 heterocycles. The molecule has 1 spiro atoms. The molecule has 0 saturated carbocycles. The van der Waals surface area contributed by atoms with Crippen LogP contribution < -0.4 is 0 Å². The third-order valence-electron chi connectivity index (χ3n) is 7.05. The van der Waals surface area contributed by atoms with Gasteiger partial charge < -0.3 is 14.5 Å². The Balaban J connectivity index is 1.46. The fraction of sp³-hybridized carbons (Fsp3) is 0.667. The van der Waals surface area contributed by atoms with Crippen molar-refractivity contribution in [3.8, 4) is 0 Å². The Morgan fingerprint density at radius 2 is 1.69 bits per heavy atom. The van der Waals surface area contributed by atoms with Crippen LogP contribution in [0.2, 0.25) is 0 Å². The molecule has 1 aliphatic carbocycles. The summed E-state index contributed by atoms with van der Waals surface area (Å²) in [5.74, 6) is 1.25. The monoisotopic (exact) mass is 398 g/mol. The predicted octanol–water partition coefficient (Wildman–Crippen LogP) is 3.33. The third kappa shape index (κ3) is 4.20. The Hall–Kier alpha value is -1.88. The lowest BCUT2D eigenvalue weighted by Crippen LogP contribution is -2.44. The molecule has 0 unspecified atom stereocenters. The highest BCUT2D eigenvalue weighted by Gasteiger charge is 2.46. The number of hydrogen-bond donors (Lipinski definition) is 0. The number of amides is 2. The lowest BCUT2D eigenvalue weighted by Gasteiger charge is -2.40. The van der Waals surface area contributed by atoms with Gasteiger partial charge in [-0.3, -0.25) is 9.59 Å². The second kappa shape index (κ2) is 8.47. The summed E-state index contributed by atoms with van der Waals surface area (Å²) < 4.78 is 5.39. The summed E-state index contributed by atoms with van der Waals surface area (Å²) in [6, 6.07) is 8.71. The van der Waals surface area contributed by atoms with Gasteiger partial charge in [0.25, 0.3) is 0 Å². The van der Waals surface area contributed by atoms with Gasteiger partial charge in [0.2, 0.25) is 11.8 Å². The largest absolute Gasteiger partial charge is 0.378 e. The molecule has 1 aromatic carbocycles. The molecule has 4 rings (SSSR count). The summed E-state index contributed by atoms with van der Waals surface area (Å²) in [7, 11) is 0. The maximum atomic E-state index is 12.9. The molecule has 2 saturated heterocycles. The van der Waals surface area contributed by atoms with Crippen LogP contribution in [0.25, 0.3) is 0 Å². The van der Waals surface area contributed by atoms with E-state index in [0.29, 0.717) is 56.9 Å². The normalized spacial score (nSPS) is 23.5. The molecule has 1 aromatic rings. The van der Waals surface area contributed by atoms with Crippen LogP contribution in [0.4, 0.5) is 0 Å². The Bertz CT molecular complexity index is 746. The molecule has 0 bridgehead atoms. The first kappa shape index (κ1) is 20.4. The highest BCUT2D eigenvalue weighted by Crippen LogP contribution is 2.52. The summed E-state index contributed by atoms with van der Waals surface area (Å²) in [6.45, 7) is 8.61. The number of piperidine rings is 1. The average molecular weight is 399 g/mol. The molecule has 3 aliphatic rings. The number of carbonyl (C=O) groups excluding carboxylic acids is 2. The topological polar surface area (TPSA) is 49.9 Å². The van der Waals surface area contributed by atoms with Crippen LogP contribution in [-0.4, -0.2) is 61.0 Å². The van der Waals surface area contributed by atoms with Crippen LogP contribution in [0.3, 0.4) is 0 Å². The first-order valence-electron chi connectivity index (χ1n) is 11.2. The van der Waals surface area contributed by atoms with Crippen molar-refractivity contribution in [3.63, 3.8) is 0 Å². The fourth-order valence-corrected chi connectivity index (χ4v) is 5.50. The summed E-state index contributed by atoms with van der Waals surface area (Å²) in [5, 5.41) is 0. The van der Waals surface area contributed by atoms with Crippen LogP contribution in [0.1, 0.15) is 63.0 Å². The van der Waals surface area contributed by atoms with E-state index in [4.69, 9.17) is 4.74 Å². The Kier molecular flexibility index (Phi) is 5.95. The summed E-state index contributed by atoms with van der Waals surface area (Å²) in [5.41, 5.74) is 2.91. The van der Waals surface area contributed by atoms with Gasteiger partial charge in [0.15, 0.2) is 0 Å². The first-order valence-corrected chi connectivity index (χ1v) is 11.2. The van der Waals surface area contributed by atoms with Crippen molar-refractivity contribution >= 4 is 11.8 Å². The van der Waals surface area contributed by atoms with E-state index >= 15 is 0 Å². The number of benzene rings is 1. The zero-order valence-corrected chi connectivity index (χ0v) is 17.9. The lowest BCUT2D eigenvalue weighted by atomic mass is 9.73. The number of morpholine rings is 1. The van der Waals surface area contributed by atoms with Crippen LogP contribution in [0, 0.1) is 5.92 Å². The van der Waals surface area contributed by atoms with Crippen molar-refractivity contribution in [2.24, 2.45) is 5.92 Å². The number of hydrogen-bond acceptors (Lipinski definition) is 3. The third-order valence-corrected chi connectivity index (χ3v) is 7.05. The Morgan fingerprint density at radius 3 is 2.38 bits per heavy atom. The van der Waals surface area contributed by atoms with Gasteiger partial charge in [-0.1, -0.05) is 38.1 Å². The number of nitrogens with zero attached hydrogens (tertiary/aromatic N) is 2. The molecule has 0 aromatic heterocycles. The van der Waals surface area contributed by atoms with Gasteiger partial charge in [-0.05, 0) is 47.6 Å². The SMILES string of the molecule is CC(C)CC(=O)N1CCC2(CC1)C[C@@H](CC(=O)N1CCOCC1)c1ccccc12. The van der Waals surface area contributed by atoms with Crippen LogP contribution in [0.5, 0.6) is 0 Å². The molecule has 5 heteroatoms. The van der Waals surface area contributed by atoms with E-state index in [2.05, 4.69) is 43.0 Å². The maximum Gasteiger partial charge on any atom is 0.223 e. The van der Waals surface area contributed by atoms with Gasteiger partial charge in [-0.2, -0.15) is 0 Å². The fourth-order valence-electron chi connectivity index (χ4n) is 5.50. The van der Waals surface area contributed by atoms with Gasteiger partial charge in [-0.25, -0.2) is 0 Å². The van der Waals surface area contributed by atoms with E-state index in [0.717, 1.165) is 32.4 Å². The van der Waals surface area contributed by atoms with E-state index in [1.54, 1.807) is 0 Å². The molecule has 0 N–H and O–H groups in total. The predicted molar refractivity (Wildman–Crippen MR) is 113 cm³/mol. The summed E-state index contributed by atoms with van der Waals surface area (Å²) in [4.78, 5) is 29.4. The summed E-state index contributed by atoms with van der Waals surface area (Å²) in [6.07, 6.45) is 4.29. The number of fused-ring (bicyclic) bond motifs is 2. The number of likely N-dealkylation sites (tertiary alicyclic amines) is 1. The van der Waals surface area contributed by atoms with E-state index in [9.17, 15) is 9.59 Å². The van der Waals surface area contributed by atoms with E-state index in [-0.39, 0.29) is 11.3 Å². The van der Waals surface area contributed by atoms with Crippen LogP contribution in [-0.2, 0) is 19.7 Å². The molecule has 2 aliphatic heterocycles. The van der Waals surface area contributed by atoms with Crippen LogP contribution >= 0.6 is 0 Å². The molecular weight excluding hydrogens is 364 g/mol. The number of ether oxygens (including phenoxy) is 1. The van der Waals surface area contributed by atoms with Gasteiger partial charge in [-0.15, -0.1) is 0 Å². The quantitative estimate of drug-likeness (QED) is 0.782. The lowest BCUT2D eigenvalue weighted by molar-refractivity contribution is -0.135. The highest BCUT2D eigenvalue weighted by molar-refractivity contribution is 5.78. The van der Waals surface area contributed by atoms with E-state index < -0.39 is 0 Å². The standard InChI is InChI=1S/C24H34N2O3/c1-18(2)15-22(27)25-9-7-24(8-10-25)17-19(20-5-3-4-6-21(20)24)16-23(28)26-11-13-29-14-12-26/h3-6,18-19H,7-17H2,1-2H3/t19-/m1/s1. The molecule has 2 fully saturated rings.